The number of hydroxylamine groups is 2. The Bertz CT molecular complexity index is 664. The summed E-state index contributed by atoms with van der Waals surface area (Å²) < 4.78 is 9.77. The molecule has 1 fully saturated rings. The summed E-state index contributed by atoms with van der Waals surface area (Å²) in [6.45, 7) is 0. The summed E-state index contributed by atoms with van der Waals surface area (Å²) in [7, 11) is 1.22. The monoisotopic (exact) mass is 319 g/mol. The van der Waals surface area contributed by atoms with Crippen LogP contribution in [0.2, 0.25) is 0 Å². The van der Waals surface area contributed by atoms with Gasteiger partial charge in [0.1, 0.15) is 0 Å². The number of esters is 1. The molecule has 0 radical (unpaired) electrons. The van der Waals surface area contributed by atoms with Crippen LogP contribution in [0.25, 0.3) is 0 Å². The average molecular weight is 319 g/mol. The van der Waals surface area contributed by atoms with E-state index < -0.39 is 36.0 Å². The Morgan fingerprint density at radius 2 is 1.57 bits per heavy atom. The lowest BCUT2D eigenvalue weighted by molar-refractivity contribution is -0.182. The average Bonchev–Trinajstić information content (AvgIpc) is 3.15. The first-order chi connectivity index (χ1) is 11.0. The predicted molar refractivity (Wildman–Crippen MR) is 72.9 cm³/mol. The molecular weight excluding hydrogens is 306 g/mol. The molecule has 0 unspecified atom stereocenters. The number of amides is 2. The van der Waals surface area contributed by atoms with Gasteiger partial charge in [-0.1, -0.05) is 17.2 Å². The van der Waals surface area contributed by atoms with Gasteiger partial charge in [-0.25, -0.2) is 9.59 Å². The normalized spacial score (nSPS) is 22.9. The fourth-order valence-electron chi connectivity index (χ4n) is 2.51. The lowest BCUT2D eigenvalue weighted by atomic mass is 10.1. The number of nitrogens with zero attached hydrogens (tertiary/aromatic N) is 1. The molecule has 0 aliphatic carbocycles. The van der Waals surface area contributed by atoms with Crippen molar-refractivity contribution in [1.29, 1.82) is 0 Å². The van der Waals surface area contributed by atoms with Crippen LogP contribution in [0.4, 0.5) is 0 Å². The Balaban J connectivity index is 1.67. The molecule has 23 heavy (non-hydrogen) atoms. The van der Waals surface area contributed by atoms with Crippen molar-refractivity contribution in [2.45, 2.75) is 25.0 Å². The fraction of sp³-hybridized carbons (Fsp3) is 0.333. The third-order valence-electron chi connectivity index (χ3n) is 3.68. The van der Waals surface area contributed by atoms with E-state index in [1.165, 1.54) is 19.2 Å². The highest BCUT2D eigenvalue weighted by molar-refractivity contribution is 6.20. The van der Waals surface area contributed by atoms with Gasteiger partial charge >= 0.3 is 11.9 Å². The Morgan fingerprint density at radius 3 is 2.09 bits per heavy atom. The zero-order valence-corrected chi connectivity index (χ0v) is 12.2. The number of methoxy groups -OCH3 is 1. The van der Waals surface area contributed by atoms with Crippen LogP contribution in [0.1, 0.15) is 33.6 Å². The molecule has 0 aromatic heterocycles. The molecule has 2 aliphatic rings. The van der Waals surface area contributed by atoms with Crippen molar-refractivity contribution in [3.8, 4) is 0 Å². The first-order valence-electron chi connectivity index (χ1n) is 6.96. The second kappa shape index (κ2) is 5.81. The third kappa shape index (κ3) is 2.57. The van der Waals surface area contributed by atoms with Crippen molar-refractivity contribution < 1.29 is 33.5 Å². The quantitative estimate of drug-likeness (QED) is 0.589. The van der Waals surface area contributed by atoms with E-state index in [1.807, 2.05) is 0 Å². The van der Waals surface area contributed by atoms with E-state index in [1.54, 1.807) is 12.1 Å². The van der Waals surface area contributed by atoms with Gasteiger partial charge in [0.05, 0.1) is 18.2 Å². The number of hydrogen-bond donors (Lipinski definition) is 0. The number of hydrogen-bond acceptors (Lipinski definition) is 7. The smallest absolute Gasteiger partial charge is 0.361 e. The summed E-state index contributed by atoms with van der Waals surface area (Å²) in [5.41, 5.74) is 0.343. The molecule has 0 bridgehead atoms. The molecule has 1 saturated heterocycles. The van der Waals surface area contributed by atoms with Crippen molar-refractivity contribution in [3.63, 3.8) is 0 Å². The minimum absolute atomic E-state index is 0.171. The van der Waals surface area contributed by atoms with Crippen LogP contribution >= 0.6 is 0 Å². The van der Waals surface area contributed by atoms with E-state index in [0.29, 0.717) is 11.5 Å². The van der Waals surface area contributed by atoms with Gasteiger partial charge in [-0.05, 0) is 25.0 Å². The van der Waals surface area contributed by atoms with Gasteiger partial charge in [-0.2, -0.15) is 0 Å². The van der Waals surface area contributed by atoms with Crippen LogP contribution in [-0.4, -0.2) is 48.1 Å². The molecule has 2 atom stereocenters. The summed E-state index contributed by atoms with van der Waals surface area (Å²) in [5, 5.41) is 0.418. The number of carbonyl (C=O) groups is 4. The molecule has 8 nitrogen and oxygen atoms in total. The molecule has 0 spiro atoms. The third-order valence-corrected chi connectivity index (χ3v) is 3.68. The van der Waals surface area contributed by atoms with Crippen molar-refractivity contribution in [2.24, 2.45) is 0 Å². The molecule has 0 saturated carbocycles. The van der Waals surface area contributed by atoms with Crippen molar-refractivity contribution >= 4 is 23.8 Å². The van der Waals surface area contributed by atoms with Crippen LogP contribution in [0, 0.1) is 0 Å². The number of benzene rings is 1. The molecule has 1 aromatic rings. The summed E-state index contributed by atoms with van der Waals surface area (Å²) in [4.78, 5) is 52.5. The van der Waals surface area contributed by atoms with Gasteiger partial charge in [-0.3, -0.25) is 9.59 Å². The fourth-order valence-corrected chi connectivity index (χ4v) is 2.51. The van der Waals surface area contributed by atoms with E-state index in [4.69, 9.17) is 9.57 Å². The molecule has 2 amide bonds. The SMILES string of the molecule is COC(=O)[C@H]1CC[C@@H](C(=O)ON2C(=O)c3ccccc3C2=O)O1. The largest absolute Gasteiger partial charge is 0.467 e. The molecule has 0 N–H and O–H groups in total. The topological polar surface area (TPSA) is 99.2 Å². The maximum Gasteiger partial charge on any atom is 0.361 e. The predicted octanol–water partition coefficient (Wildman–Crippen LogP) is 0.461. The van der Waals surface area contributed by atoms with Gasteiger partial charge in [0.15, 0.2) is 12.2 Å². The Labute approximate surface area is 130 Å². The summed E-state index contributed by atoms with van der Waals surface area (Å²) in [6.07, 6.45) is -1.33. The van der Waals surface area contributed by atoms with Gasteiger partial charge in [0.2, 0.25) is 0 Å². The number of carbonyl (C=O) groups excluding carboxylic acids is 4. The number of fused-ring (bicyclic) bond motifs is 1. The highest BCUT2D eigenvalue weighted by Crippen LogP contribution is 2.26. The Hall–Kier alpha value is -2.74. The molecule has 3 rings (SSSR count). The van der Waals surface area contributed by atoms with Crippen LogP contribution in [0.15, 0.2) is 24.3 Å². The highest BCUT2D eigenvalue weighted by Gasteiger charge is 2.42. The van der Waals surface area contributed by atoms with Crippen LogP contribution in [0.3, 0.4) is 0 Å². The van der Waals surface area contributed by atoms with E-state index in [2.05, 4.69) is 4.74 Å². The summed E-state index contributed by atoms with van der Waals surface area (Å²) in [6, 6.07) is 6.16. The van der Waals surface area contributed by atoms with Crippen LogP contribution in [-0.2, 0) is 23.9 Å². The Morgan fingerprint density at radius 1 is 1.04 bits per heavy atom. The van der Waals surface area contributed by atoms with Crippen LogP contribution < -0.4 is 0 Å². The van der Waals surface area contributed by atoms with E-state index in [-0.39, 0.29) is 17.5 Å². The molecule has 8 heteroatoms. The maximum atomic E-state index is 12.1. The standard InChI is InChI=1S/C15H13NO7/c1-21-14(19)10-6-7-11(22-10)15(20)23-16-12(17)8-4-2-3-5-9(8)13(16)18/h2-5,10-11H,6-7H2,1H3/t10-,11+/m1/s1. The Kier molecular flexibility index (Phi) is 3.83. The summed E-state index contributed by atoms with van der Waals surface area (Å²) in [5.74, 6) is -2.89. The zero-order chi connectivity index (χ0) is 16.6. The molecule has 1 aromatic carbocycles. The number of rotatable bonds is 3. The lowest BCUT2D eigenvalue weighted by Crippen LogP contribution is -2.37. The second-order valence-electron chi connectivity index (χ2n) is 5.07. The van der Waals surface area contributed by atoms with Gasteiger partial charge in [-0.15, -0.1) is 0 Å². The van der Waals surface area contributed by atoms with Crippen molar-refractivity contribution in [1.82, 2.24) is 5.06 Å². The molecular formula is C15H13NO7. The second-order valence-corrected chi connectivity index (χ2v) is 5.07. The van der Waals surface area contributed by atoms with Gasteiger partial charge in [0, 0.05) is 0 Å². The van der Waals surface area contributed by atoms with Crippen LogP contribution in [0.5, 0.6) is 0 Å². The minimum atomic E-state index is -1.02. The first kappa shape index (κ1) is 15.2. The van der Waals surface area contributed by atoms with E-state index in [9.17, 15) is 19.2 Å². The highest BCUT2D eigenvalue weighted by atomic mass is 16.7. The van der Waals surface area contributed by atoms with E-state index in [0.717, 1.165) is 0 Å². The maximum absolute atomic E-state index is 12.1. The summed E-state index contributed by atoms with van der Waals surface area (Å²) >= 11 is 0. The van der Waals surface area contributed by atoms with E-state index >= 15 is 0 Å². The lowest BCUT2D eigenvalue weighted by Gasteiger charge is -2.16. The van der Waals surface area contributed by atoms with Gasteiger partial charge < -0.3 is 14.3 Å². The molecule has 120 valence electrons. The van der Waals surface area contributed by atoms with Crippen molar-refractivity contribution in [3.05, 3.63) is 35.4 Å². The molecule has 2 aliphatic heterocycles. The number of ether oxygens (including phenoxy) is 2. The molecule has 2 heterocycles. The number of imide groups is 1. The zero-order valence-electron chi connectivity index (χ0n) is 12.2. The minimum Gasteiger partial charge on any atom is -0.467 e. The van der Waals surface area contributed by atoms with Gasteiger partial charge in [0.25, 0.3) is 11.8 Å². The first-order valence-corrected chi connectivity index (χ1v) is 6.96. The van der Waals surface area contributed by atoms with Crippen molar-refractivity contribution in [2.75, 3.05) is 7.11 Å².